The summed E-state index contributed by atoms with van der Waals surface area (Å²) in [6.07, 6.45) is 9.05. The second kappa shape index (κ2) is 13.9. The van der Waals surface area contributed by atoms with E-state index in [1.807, 2.05) is 0 Å². The van der Waals surface area contributed by atoms with Gasteiger partial charge in [0.25, 0.3) is 0 Å². The summed E-state index contributed by atoms with van der Waals surface area (Å²) in [7, 11) is -3.28. The molecule has 0 spiro atoms. The second-order valence-electron chi connectivity index (χ2n) is 9.30. The molecule has 0 atom stereocenters. The Labute approximate surface area is 201 Å². The third-order valence-corrected chi connectivity index (χ3v) is 7.51. The third kappa shape index (κ3) is 9.57. The smallest absolute Gasteiger partial charge is 0.209 e. The normalized spacial score (nSPS) is 15.8. The Bertz CT molecular complexity index is 843. The van der Waals surface area contributed by atoms with E-state index in [4.69, 9.17) is 5.14 Å². The van der Waals surface area contributed by atoms with Crippen LogP contribution in [0.5, 0.6) is 0 Å². The van der Waals surface area contributed by atoms with Gasteiger partial charge in [0.15, 0.2) is 0 Å². The van der Waals surface area contributed by atoms with Gasteiger partial charge < -0.3 is 4.90 Å². The fourth-order valence-electron chi connectivity index (χ4n) is 4.83. The van der Waals surface area contributed by atoms with E-state index in [1.54, 1.807) is 0 Å². The molecule has 6 heteroatoms. The number of nitrogens with two attached hydrogens (primary N) is 1. The number of hydrogen-bond donors (Lipinski definition) is 1. The molecule has 0 radical (unpaired) electrons. The molecule has 0 saturated carbocycles. The number of piperazine rings is 1. The Morgan fingerprint density at radius 2 is 1.12 bits per heavy atom. The van der Waals surface area contributed by atoms with E-state index in [-0.39, 0.29) is 5.75 Å². The van der Waals surface area contributed by atoms with Crippen molar-refractivity contribution in [3.05, 3.63) is 71.8 Å². The first-order chi connectivity index (χ1) is 16.0. The lowest BCUT2D eigenvalue weighted by Crippen LogP contribution is -2.48. The van der Waals surface area contributed by atoms with Crippen LogP contribution in [0.2, 0.25) is 0 Å². The summed E-state index contributed by atoms with van der Waals surface area (Å²) < 4.78 is 21.8. The van der Waals surface area contributed by atoms with Crippen molar-refractivity contribution in [3.8, 4) is 0 Å². The predicted octanol–water partition coefficient (Wildman–Crippen LogP) is 4.80. The lowest BCUT2D eigenvalue weighted by atomic mass is 9.96. The van der Waals surface area contributed by atoms with Crippen LogP contribution in [0.25, 0.3) is 0 Å². The zero-order valence-electron chi connectivity index (χ0n) is 19.9. The lowest BCUT2D eigenvalue weighted by Gasteiger charge is -2.39. The van der Waals surface area contributed by atoms with Crippen LogP contribution < -0.4 is 5.14 Å². The van der Waals surface area contributed by atoms with E-state index in [2.05, 4.69) is 70.5 Å². The monoisotopic (exact) mass is 471 g/mol. The fourth-order valence-corrected chi connectivity index (χ4v) is 5.44. The topological polar surface area (TPSA) is 66.6 Å². The van der Waals surface area contributed by atoms with Gasteiger partial charge in [-0.15, -0.1) is 0 Å². The molecule has 1 heterocycles. The van der Waals surface area contributed by atoms with Crippen molar-refractivity contribution in [2.45, 2.75) is 57.4 Å². The summed E-state index contributed by atoms with van der Waals surface area (Å²) in [4.78, 5) is 5.26. The van der Waals surface area contributed by atoms with E-state index in [0.29, 0.717) is 12.5 Å². The average molecular weight is 472 g/mol. The van der Waals surface area contributed by atoms with Crippen molar-refractivity contribution in [1.29, 1.82) is 0 Å². The summed E-state index contributed by atoms with van der Waals surface area (Å²) in [5, 5.41) is 5.03. The van der Waals surface area contributed by atoms with Crippen LogP contribution >= 0.6 is 0 Å². The van der Waals surface area contributed by atoms with Gasteiger partial charge >= 0.3 is 0 Å². The summed E-state index contributed by atoms with van der Waals surface area (Å²) in [6.45, 7) is 5.68. The number of hydrogen-bond acceptors (Lipinski definition) is 4. The van der Waals surface area contributed by atoms with Crippen LogP contribution in [-0.2, 0) is 10.0 Å². The van der Waals surface area contributed by atoms with Gasteiger partial charge in [-0.3, -0.25) is 4.90 Å². The molecule has 2 N–H and O–H groups in total. The van der Waals surface area contributed by atoms with E-state index in [1.165, 1.54) is 49.8 Å². The molecular formula is C27H41N3O2S. The number of benzene rings is 2. The lowest BCUT2D eigenvalue weighted by molar-refractivity contribution is 0.108. The Morgan fingerprint density at radius 3 is 1.61 bits per heavy atom. The molecule has 0 aliphatic carbocycles. The Kier molecular flexibility index (Phi) is 10.9. The van der Waals surface area contributed by atoms with Crippen LogP contribution in [0.1, 0.15) is 68.5 Å². The van der Waals surface area contributed by atoms with Crippen molar-refractivity contribution in [2.75, 3.05) is 38.5 Å². The molecule has 2 aromatic rings. The molecule has 0 aromatic heterocycles. The maximum atomic E-state index is 10.9. The highest BCUT2D eigenvalue weighted by Gasteiger charge is 2.25. The standard InChI is InChI=1S/C27H41N3O2S/c28-33(31,32)24-14-6-4-2-1-3-5-13-19-29-20-22-30(23-21-29)27(25-15-9-7-10-16-25)26-17-11-8-12-18-26/h7-12,15-18,27H,1-6,13-14,19-24H2,(H2,28,31,32). The van der Waals surface area contributed by atoms with Crippen LogP contribution in [0.15, 0.2) is 60.7 Å². The summed E-state index contributed by atoms with van der Waals surface area (Å²) in [6, 6.07) is 22.1. The average Bonchev–Trinajstić information content (AvgIpc) is 2.82. The zero-order chi connectivity index (χ0) is 23.4. The van der Waals surface area contributed by atoms with Gasteiger partial charge in [0, 0.05) is 26.2 Å². The van der Waals surface area contributed by atoms with Gasteiger partial charge in [-0.2, -0.15) is 0 Å². The summed E-state index contributed by atoms with van der Waals surface area (Å²) in [5.41, 5.74) is 2.75. The minimum atomic E-state index is -3.28. The van der Waals surface area contributed by atoms with Gasteiger partial charge in [0.1, 0.15) is 0 Å². The van der Waals surface area contributed by atoms with Crippen molar-refractivity contribution >= 4 is 10.0 Å². The largest absolute Gasteiger partial charge is 0.301 e. The first kappa shape index (κ1) is 25.9. The zero-order valence-corrected chi connectivity index (χ0v) is 20.8. The van der Waals surface area contributed by atoms with Gasteiger partial charge in [0.05, 0.1) is 11.8 Å². The highest BCUT2D eigenvalue weighted by molar-refractivity contribution is 7.89. The molecule has 1 saturated heterocycles. The van der Waals surface area contributed by atoms with Gasteiger partial charge in [0.2, 0.25) is 10.0 Å². The van der Waals surface area contributed by atoms with E-state index >= 15 is 0 Å². The van der Waals surface area contributed by atoms with Crippen LogP contribution in [0.3, 0.4) is 0 Å². The highest BCUT2D eigenvalue weighted by atomic mass is 32.2. The first-order valence-corrected chi connectivity index (χ1v) is 14.3. The van der Waals surface area contributed by atoms with Crippen LogP contribution in [0, 0.1) is 0 Å². The molecular weight excluding hydrogens is 430 g/mol. The summed E-state index contributed by atoms with van der Waals surface area (Å²) in [5.74, 6) is 0.123. The SMILES string of the molecule is NS(=O)(=O)CCCCCCCCCCN1CCN(C(c2ccccc2)c2ccccc2)CC1. The van der Waals surface area contributed by atoms with Gasteiger partial charge in [-0.25, -0.2) is 13.6 Å². The number of rotatable bonds is 14. The molecule has 0 amide bonds. The van der Waals surface area contributed by atoms with Crippen LogP contribution in [-0.4, -0.2) is 56.7 Å². The number of primary sulfonamides is 1. The van der Waals surface area contributed by atoms with Crippen molar-refractivity contribution in [2.24, 2.45) is 5.14 Å². The molecule has 33 heavy (non-hydrogen) atoms. The molecule has 1 fully saturated rings. The van der Waals surface area contributed by atoms with Crippen LogP contribution in [0.4, 0.5) is 0 Å². The van der Waals surface area contributed by atoms with Gasteiger partial charge in [-0.1, -0.05) is 99.2 Å². The number of nitrogens with zero attached hydrogens (tertiary/aromatic N) is 2. The van der Waals surface area contributed by atoms with Crippen molar-refractivity contribution in [1.82, 2.24) is 9.80 Å². The third-order valence-electron chi connectivity index (χ3n) is 6.66. The molecule has 0 unspecified atom stereocenters. The highest BCUT2D eigenvalue weighted by Crippen LogP contribution is 2.29. The first-order valence-electron chi connectivity index (χ1n) is 12.6. The minimum absolute atomic E-state index is 0.123. The second-order valence-corrected chi connectivity index (χ2v) is 11.0. The molecule has 5 nitrogen and oxygen atoms in total. The fraction of sp³-hybridized carbons (Fsp3) is 0.556. The van der Waals surface area contributed by atoms with Crippen molar-refractivity contribution in [3.63, 3.8) is 0 Å². The van der Waals surface area contributed by atoms with E-state index < -0.39 is 10.0 Å². The predicted molar refractivity (Wildman–Crippen MR) is 138 cm³/mol. The number of sulfonamides is 1. The van der Waals surface area contributed by atoms with Crippen molar-refractivity contribution < 1.29 is 8.42 Å². The molecule has 1 aliphatic rings. The molecule has 2 aromatic carbocycles. The number of unbranched alkanes of at least 4 members (excludes halogenated alkanes) is 7. The van der Waals surface area contributed by atoms with E-state index in [9.17, 15) is 8.42 Å². The maximum absolute atomic E-state index is 10.9. The maximum Gasteiger partial charge on any atom is 0.209 e. The van der Waals surface area contributed by atoms with E-state index in [0.717, 1.165) is 39.0 Å². The minimum Gasteiger partial charge on any atom is -0.301 e. The quantitative estimate of drug-likeness (QED) is 0.402. The molecule has 1 aliphatic heterocycles. The summed E-state index contributed by atoms with van der Waals surface area (Å²) >= 11 is 0. The Balaban J connectivity index is 1.32. The molecule has 0 bridgehead atoms. The molecule has 182 valence electrons. The molecule has 3 rings (SSSR count). The Morgan fingerprint density at radius 1 is 0.667 bits per heavy atom. The van der Waals surface area contributed by atoms with Gasteiger partial charge in [-0.05, 0) is 30.5 Å². The Hall–Kier alpha value is -1.73.